The van der Waals surface area contributed by atoms with E-state index in [0.29, 0.717) is 31.8 Å². The molecule has 0 radical (unpaired) electrons. The number of hydrogen-bond donors (Lipinski definition) is 1. The molecule has 0 spiro atoms. The highest BCUT2D eigenvalue weighted by Gasteiger charge is 2.41. The van der Waals surface area contributed by atoms with Crippen LogP contribution < -0.4 is 19.6 Å². The number of carbonyl (C=O) groups is 1. The number of methoxy groups -OCH3 is 1. The van der Waals surface area contributed by atoms with Crippen molar-refractivity contribution < 1.29 is 23.8 Å². The number of halogens is 2. The third-order valence-corrected chi connectivity index (χ3v) is 7.29. The molecule has 0 saturated heterocycles. The molecule has 2 heterocycles. The summed E-state index contributed by atoms with van der Waals surface area (Å²) in [6.07, 6.45) is 1.04. The molecule has 2 aliphatic heterocycles. The summed E-state index contributed by atoms with van der Waals surface area (Å²) in [6.45, 7) is 8.42. The first-order valence-electron chi connectivity index (χ1n) is 10.7. The number of nitrogens with zero attached hydrogens (tertiary/aromatic N) is 2. The van der Waals surface area contributed by atoms with Gasteiger partial charge in [0.05, 0.1) is 28.2 Å². The molecule has 2 aromatic carbocycles. The number of hydrogen-bond acceptors (Lipinski definition) is 7. The Hall–Kier alpha value is -2.59. The first kappa shape index (κ1) is 24.5. The largest absolute Gasteiger partial charge is 0.492 e. The van der Waals surface area contributed by atoms with Gasteiger partial charge in [0.25, 0.3) is 5.91 Å². The quantitative estimate of drug-likeness (QED) is 0.367. The minimum Gasteiger partial charge on any atom is -0.492 e. The van der Waals surface area contributed by atoms with Crippen LogP contribution in [0.5, 0.6) is 17.2 Å². The maximum atomic E-state index is 12.8. The average Bonchev–Trinajstić information content (AvgIpc) is 3.42. The molecule has 0 bridgehead atoms. The summed E-state index contributed by atoms with van der Waals surface area (Å²) >= 11 is 7.16. The van der Waals surface area contributed by atoms with E-state index in [1.807, 2.05) is 19.1 Å². The van der Waals surface area contributed by atoms with Gasteiger partial charge in [-0.3, -0.25) is 4.79 Å². The minimum absolute atomic E-state index is 0.0726. The fourth-order valence-electron chi connectivity index (χ4n) is 3.76. The molecule has 1 amide bonds. The molecule has 0 aromatic heterocycles. The maximum absolute atomic E-state index is 12.8. The van der Waals surface area contributed by atoms with Crippen LogP contribution in [-0.2, 0) is 15.0 Å². The molecule has 10 heteroatoms. The lowest BCUT2D eigenvalue weighted by Crippen LogP contribution is -2.31. The average molecular weight is 595 g/mol. The van der Waals surface area contributed by atoms with E-state index in [-0.39, 0.29) is 23.8 Å². The first-order valence-corrected chi connectivity index (χ1v) is 12.2. The van der Waals surface area contributed by atoms with Crippen LogP contribution in [0.25, 0.3) is 0 Å². The van der Waals surface area contributed by atoms with Crippen LogP contribution in [0.1, 0.15) is 50.5 Å². The molecule has 0 aliphatic carbocycles. The van der Waals surface area contributed by atoms with Gasteiger partial charge in [0.15, 0.2) is 23.3 Å². The number of fused-ring (bicyclic) bond motifs is 1. The lowest BCUT2D eigenvalue weighted by molar-refractivity contribution is -0.115. The Bertz CT molecular complexity index is 1170. The molecule has 8 nitrogen and oxygen atoms in total. The zero-order valence-electron chi connectivity index (χ0n) is 19.4. The van der Waals surface area contributed by atoms with E-state index >= 15 is 0 Å². The van der Waals surface area contributed by atoms with Gasteiger partial charge in [-0.05, 0) is 48.4 Å². The number of ether oxygens (including phenoxy) is 3. The van der Waals surface area contributed by atoms with E-state index < -0.39 is 12.0 Å². The zero-order valence-corrected chi connectivity index (χ0v) is 22.6. The smallest absolute Gasteiger partial charge is 0.289 e. The van der Waals surface area contributed by atoms with Gasteiger partial charge in [0.2, 0.25) is 12.5 Å². The van der Waals surface area contributed by atoms with Gasteiger partial charge in [-0.15, -0.1) is 0 Å². The summed E-state index contributed by atoms with van der Waals surface area (Å²) in [6, 6.07) is 8.04. The molecule has 2 aromatic rings. The Labute approximate surface area is 214 Å². The van der Waals surface area contributed by atoms with Crippen LogP contribution in [0.2, 0.25) is 0 Å². The van der Waals surface area contributed by atoms with Gasteiger partial charge in [0.1, 0.15) is 0 Å². The third-order valence-electron chi connectivity index (χ3n) is 5.72. The van der Waals surface area contributed by atoms with Crippen molar-refractivity contribution in [3.8, 4) is 17.2 Å². The van der Waals surface area contributed by atoms with Crippen molar-refractivity contribution in [2.24, 2.45) is 16.2 Å². The molecule has 34 heavy (non-hydrogen) atoms. The lowest BCUT2D eigenvalue weighted by atomic mass is 9.87. The second kappa shape index (κ2) is 9.58. The highest BCUT2D eigenvalue weighted by atomic mass is 79.9. The van der Waals surface area contributed by atoms with Crippen LogP contribution in [-0.4, -0.2) is 31.7 Å². The van der Waals surface area contributed by atoms with Crippen molar-refractivity contribution in [3.05, 3.63) is 49.9 Å². The van der Waals surface area contributed by atoms with Crippen molar-refractivity contribution >= 4 is 49.7 Å². The molecule has 0 saturated carbocycles. The van der Waals surface area contributed by atoms with Crippen LogP contribution in [0.15, 0.2) is 43.5 Å². The monoisotopic (exact) mass is 593 g/mol. The summed E-state index contributed by atoms with van der Waals surface area (Å²) in [4.78, 5) is 18.4. The molecular weight excluding hydrogens is 570 g/mol. The van der Waals surface area contributed by atoms with Crippen molar-refractivity contribution in [2.45, 2.75) is 39.2 Å². The van der Waals surface area contributed by atoms with Gasteiger partial charge in [0, 0.05) is 5.56 Å². The third kappa shape index (κ3) is 4.53. The first-order chi connectivity index (χ1) is 16.1. The number of amides is 1. The Kier molecular flexibility index (Phi) is 6.91. The number of hydrazone groups is 1. The van der Waals surface area contributed by atoms with Crippen LogP contribution in [0.4, 0.5) is 0 Å². The number of nitrogens with one attached hydrogen (secondary N) is 1. The molecule has 180 valence electrons. The van der Waals surface area contributed by atoms with E-state index in [1.54, 1.807) is 13.3 Å². The van der Waals surface area contributed by atoms with Gasteiger partial charge >= 0.3 is 0 Å². The van der Waals surface area contributed by atoms with Crippen molar-refractivity contribution in [3.63, 3.8) is 0 Å². The van der Waals surface area contributed by atoms with E-state index in [1.165, 1.54) is 5.56 Å². The van der Waals surface area contributed by atoms with Crippen LogP contribution in [0.3, 0.4) is 0 Å². The zero-order chi connectivity index (χ0) is 24.6. The minimum atomic E-state index is -0.554. The number of rotatable bonds is 5. The summed E-state index contributed by atoms with van der Waals surface area (Å²) in [7, 11) is 1.54. The second-order valence-corrected chi connectivity index (χ2v) is 10.6. The molecule has 2 atom stereocenters. The summed E-state index contributed by atoms with van der Waals surface area (Å²) in [5.41, 5.74) is 5.67. The SMILES string of the molecule is COc1c(Br)c([C@@H]2ON=C(C(=O)N/N=C\c3ccc(C(C)(C)C)cc3)[C@H]2C)c(Br)c2c1OCO2. The Morgan fingerprint density at radius 1 is 1.18 bits per heavy atom. The van der Waals surface area contributed by atoms with Gasteiger partial charge in [-0.25, -0.2) is 5.43 Å². The van der Waals surface area contributed by atoms with Crippen molar-refractivity contribution in [1.29, 1.82) is 0 Å². The van der Waals surface area contributed by atoms with Gasteiger partial charge in [-0.2, -0.15) is 5.10 Å². The Morgan fingerprint density at radius 2 is 1.85 bits per heavy atom. The Balaban J connectivity index is 1.47. The summed E-state index contributed by atoms with van der Waals surface area (Å²) in [5.74, 6) is 0.711. The Morgan fingerprint density at radius 3 is 2.50 bits per heavy atom. The normalized spacial score (nSPS) is 19.2. The molecule has 2 aliphatic rings. The maximum Gasteiger partial charge on any atom is 0.289 e. The molecule has 4 rings (SSSR count). The topological polar surface area (TPSA) is 90.7 Å². The predicted octanol–water partition coefficient (Wildman–Crippen LogP) is 5.46. The number of benzene rings is 2. The van der Waals surface area contributed by atoms with Gasteiger partial charge in [-0.1, -0.05) is 57.1 Å². The molecule has 1 N–H and O–H groups in total. The van der Waals surface area contributed by atoms with Crippen molar-refractivity contribution in [2.75, 3.05) is 13.9 Å². The van der Waals surface area contributed by atoms with Gasteiger partial charge < -0.3 is 19.0 Å². The van der Waals surface area contributed by atoms with E-state index in [0.717, 1.165) is 5.56 Å². The summed E-state index contributed by atoms with van der Waals surface area (Å²) in [5, 5.41) is 8.13. The lowest BCUT2D eigenvalue weighted by Gasteiger charge is -2.20. The fraction of sp³-hybridized carbons (Fsp3) is 0.375. The fourth-order valence-corrected chi connectivity index (χ4v) is 5.51. The predicted molar refractivity (Wildman–Crippen MR) is 136 cm³/mol. The van der Waals surface area contributed by atoms with Crippen LogP contribution >= 0.6 is 31.9 Å². The molecule has 0 unspecified atom stereocenters. The molecular formula is C24H25Br2N3O5. The summed E-state index contributed by atoms with van der Waals surface area (Å²) < 4.78 is 17.9. The second-order valence-electron chi connectivity index (χ2n) is 9.00. The van der Waals surface area contributed by atoms with E-state index in [2.05, 4.69) is 80.4 Å². The highest BCUT2D eigenvalue weighted by molar-refractivity contribution is 9.11. The van der Waals surface area contributed by atoms with E-state index in [9.17, 15) is 4.79 Å². The van der Waals surface area contributed by atoms with Crippen molar-refractivity contribution in [1.82, 2.24) is 5.43 Å². The number of oxime groups is 1. The highest BCUT2D eigenvalue weighted by Crippen LogP contribution is 2.55. The standard InChI is InChI=1S/C24H25Br2N3O5/c1-12-18(23(30)28-27-10-13-6-8-14(9-7-13)24(2,3)4)29-34-19(12)15-16(25)20(31-5)22-21(17(15)26)32-11-33-22/h6-10,12,19H,11H2,1-5H3,(H,28,30)/b27-10-/t12-,19-/m1/s1. The molecule has 0 fully saturated rings. The van der Waals surface area contributed by atoms with E-state index in [4.69, 9.17) is 19.0 Å². The van der Waals surface area contributed by atoms with Crippen LogP contribution in [0, 0.1) is 5.92 Å². The number of carbonyl (C=O) groups excluding carboxylic acids is 1.